The maximum atomic E-state index is 13.8. The van der Waals surface area contributed by atoms with Gasteiger partial charge in [-0.2, -0.15) is 0 Å². The molecule has 0 aliphatic rings. The molecule has 0 heterocycles. The molecule has 2 N–H and O–H groups in total. The topological polar surface area (TPSA) is 35.2 Å². The van der Waals surface area contributed by atoms with E-state index in [1.165, 1.54) is 6.07 Å². The lowest BCUT2D eigenvalue weighted by atomic mass is 10.2. The van der Waals surface area contributed by atoms with Crippen molar-refractivity contribution in [3.63, 3.8) is 0 Å². The van der Waals surface area contributed by atoms with Crippen molar-refractivity contribution >= 4 is 40.4 Å². The monoisotopic (exact) mass is 329 g/mol. The Hall–Kier alpha value is -1.36. The molecule has 0 bridgehead atoms. The summed E-state index contributed by atoms with van der Waals surface area (Å²) in [5, 5.41) is 0.526. The van der Waals surface area contributed by atoms with E-state index >= 15 is 0 Å². The van der Waals surface area contributed by atoms with Crippen molar-refractivity contribution in [1.82, 2.24) is 0 Å². The minimum absolute atomic E-state index is 0.00233. The molecule has 0 radical (unpaired) electrons. The van der Waals surface area contributed by atoms with Gasteiger partial charge < -0.3 is 10.5 Å². The fourth-order valence-corrected chi connectivity index (χ4v) is 2.16. The highest BCUT2D eigenvalue weighted by Gasteiger charge is 2.10. The summed E-state index contributed by atoms with van der Waals surface area (Å²) < 4.78 is 19.3. The second-order valence-corrected chi connectivity index (χ2v) is 5.29. The van der Waals surface area contributed by atoms with Crippen molar-refractivity contribution in [1.29, 1.82) is 0 Å². The maximum Gasteiger partial charge on any atom is 0.148 e. The Morgan fingerprint density at radius 2 is 2.00 bits per heavy atom. The second-order valence-electron chi connectivity index (χ2n) is 4.01. The first-order chi connectivity index (χ1) is 9.49. The Balaban J connectivity index is 2.24. The van der Waals surface area contributed by atoms with Gasteiger partial charge in [-0.3, -0.25) is 0 Å². The number of hydrogen-bond donors (Lipinski definition) is 1. The molecule has 20 heavy (non-hydrogen) atoms. The lowest BCUT2D eigenvalue weighted by molar-refractivity contribution is 0.299. The average Bonchev–Trinajstić information content (AvgIpc) is 2.40. The molecule has 0 saturated heterocycles. The van der Waals surface area contributed by atoms with Crippen LogP contribution in [0.5, 0.6) is 5.75 Å². The summed E-state index contributed by atoms with van der Waals surface area (Å²) in [7, 11) is 0. The lowest BCUT2D eigenvalue weighted by Crippen LogP contribution is -2.12. The summed E-state index contributed by atoms with van der Waals surface area (Å²) in [5.41, 5.74) is 6.49. The van der Waals surface area contributed by atoms with Crippen molar-refractivity contribution in [2.45, 2.75) is 6.61 Å². The van der Waals surface area contributed by atoms with E-state index in [1.807, 2.05) is 0 Å². The molecule has 0 saturated carbocycles. The van der Waals surface area contributed by atoms with Gasteiger partial charge in [0, 0.05) is 10.6 Å². The Morgan fingerprint density at radius 1 is 1.25 bits per heavy atom. The van der Waals surface area contributed by atoms with E-state index in [9.17, 15) is 4.39 Å². The van der Waals surface area contributed by atoms with Crippen LogP contribution in [0.25, 0.3) is 0 Å². The van der Waals surface area contributed by atoms with Crippen LogP contribution in [0.4, 0.5) is 4.39 Å². The fourth-order valence-electron chi connectivity index (χ4n) is 1.63. The predicted octanol–water partition coefficient (Wildman–Crippen LogP) is 4.35. The van der Waals surface area contributed by atoms with Crippen LogP contribution in [-0.2, 0) is 6.61 Å². The van der Waals surface area contributed by atoms with Gasteiger partial charge >= 0.3 is 0 Å². The van der Waals surface area contributed by atoms with Crippen molar-refractivity contribution in [3.8, 4) is 5.75 Å². The number of halogens is 3. The third-order valence-corrected chi connectivity index (χ3v) is 3.37. The van der Waals surface area contributed by atoms with Crippen LogP contribution in [0.3, 0.4) is 0 Å². The number of benzene rings is 2. The summed E-state index contributed by atoms with van der Waals surface area (Å²) in [4.78, 5) is 0.184. The Morgan fingerprint density at radius 3 is 2.70 bits per heavy atom. The summed E-state index contributed by atoms with van der Waals surface area (Å²) in [6.45, 7) is 0.00233. The average molecular weight is 330 g/mol. The molecule has 0 amide bonds. The Labute approximate surface area is 131 Å². The first-order valence-corrected chi connectivity index (χ1v) is 6.80. The third-order valence-electron chi connectivity index (χ3n) is 2.62. The van der Waals surface area contributed by atoms with Gasteiger partial charge in [0.1, 0.15) is 23.2 Å². The van der Waals surface area contributed by atoms with Gasteiger partial charge in [-0.05, 0) is 24.3 Å². The summed E-state index contributed by atoms with van der Waals surface area (Å²) in [5.74, 6) is -0.0996. The van der Waals surface area contributed by atoms with Crippen molar-refractivity contribution < 1.29 is 9.13 Å². The molecule has 2 rings (SSSR count). The number of thiocarbonyl (C=S) groups is 1. The molecule has 104 valence electrons. The van der Waals surface area contributed by atoms with E-state index in [4.69, 9.17) is 45.9 Å². The van der Waals surface area contributed by atoms with Gasteiger partial charge in [0.05, 0.1) is 10.6 Å². The molecule has 0 aliphatic heterocycles. The van der Waals surface area contributed by atoms with Crippen molar-refractivity contribution in [2.24, 2.45) is 5.73 Å². The van der Waals surface area contributed by atoms with Crippen LogP contribution in [0.2, 0.25) is 10.0 Å². The molecule has 0 unspecified atom stereocenters. The summed E-state index contributed by atoms with van der Waals surface area (Å²) in [6, 6.07) is 9.61. The summed E-state index contributed by atoms with van der Waals surface area (Å²) in [6.07, 6.45) is 0. The molecule has 0 aliphatic carbocycles. The van der Waals surface area contributed by atoms with Crippen LogP contribution in [0.15, 0.2) is 36.4 Å². The number of nitrogens with two attached hydrogens (primary N) is 1. The molecule has 2 nitrogen and oxygen atoms in total. The summed E-state index contributed by atoms with van der Waals surface area (Å²) >= 11 is 16.5. The lowest BCUT2D eigenvalue weighted by Gasteiger charge is -2.12. The van der Waals surface area contributed by atoms with E-state index in [1.54, 1.807) is 30.3 Å². The minimum atomic E-state index is -0.506. The van der Waals surface area contributed by atoms with Crippen molar-refractivity contribution in [3.05, 3.63) is 63.4 Å². The zero-order chi connectivity index (χ0) is 14.7. The maximum absolute atomic E-state index is 13.8. The second kappa shape index (κ2) is 6.39. The Kier molecular flexibility index (Phi) is 4.81. The van der Waals surface area contributed by atoms with Crippen molar-refractivity contribution in [2.75, 3.05) is 0 Å². The normalized spacial score (nSPS) is 10.3. The van der Waals surface area contributed by atoms with Gasteiger partial charge in [-0.15, -0.1) is 0 Å². The van der Waals surface area contributed by atoms with Gasteiger partial charge in [-0.25, -0.2) is 4.39 Å². The predicted molar refractivity (Wildman–Crippen MR) is 83.1 cm³/mol. The molecule has 2 aromatic carbocycles. The number of rotatable bonds is 4. The van der Waals surface area contributed by atoms with E-state index in [2.05, 4.69) is 0 Å². The minimum Gasteiger partial charge on any atom is -0.488 e. The van der Waals surface area contributed by atoms with Crippen LogP contribution < -0.4 is 10.5 Å². The van der Waals surface area contributed by atoms with E-state index in [0.29, 0.717) is 21.9 Å². The molecule has 0 fully saturated rings. The van der Waals surface area contributed by atoms with Gasteiger partial charge in [0.15, 0.2) is 0 Å². The SMILES string of the molecule is NC(=S)c1ccc(Cl)cc1OCc1cccc(Cl)c1F. The molecule has 6 heteroatoms. The van der Waals surface area contributed by atoms with Crippen LogP contribution in [0, 0.1) is 5.82 Å². The Bertz CT molecular complexity index is 664. The zero-order valence-corrected chi connectivity index (χ0v) is 12.5. The zero-order valence-electron chi connectivity index (χ0n) is 10.2. The smallest absolute Gasteiger partial charge is 0.148 e. The van der Waals surface area contributed by atoms with E-state index in [-0.39, 0.29) is 16.6 Å². The van der Waals surface area contributed by atoms with Gasteiger partial charge in [0.25, 0.3) is 0 Å². The third kappa shape index (κ3) is 3.39. The largest absolute Gasteiger partial charge is 0.488 e. The quantitative estimate of drug-likeness (QED) is 0.847. The molecular weight excluding hydrogens is 320 g/mol. The first kappa shape index (κ1) is 15.0. The molecule has 2 aromatic rings. The molecule has 0 atom stereocenters. The number of hydrogen-bond acceptors (Lipinski definition) is 2. The van der Waals surface area contributed by atoms with Crippen LogP contribution >= 0.6 is 35.4 Å². The van der Waals surface area contributed by atoms with Gasteiger partial charge in [0.2, 0.25) is 0 Å². The van der Waals surface area contributed by atoms with Gasteiger partial charge in [-0.1, -0.05) is 47.6 Å². The van der Waals surface area contributed by atoms with E-state index in [0.717, 1.165) is 0 Å². The van der Waals surface area contributed by atoms with Crippen LogP contribution in [-0.4, -0.2) is 4.99 Å². The highest BCUT2D eigenvalue weighted by Crippen LogP contribution is 2.25. The number of ether oxygens (including phenoxy) is 1. The van der Waals surface area contributed by atoms with Crippen LogP contribution in [0.1, 0.15) is 11.1 Å². The molecular formula is C14H10Cl2FNOS. The molecule has 0 aromatic heterocycles. The first-order valence-electron chi connectivity index (χ1n) is 5.64. The molecule has 0 spiro atoms. The highest BCUT2D eigenvalue weighted by molar-refractivity contribution is 7.80. The van der Waals surface area contributed by atoms with E-state index < -0.39 is 5.82 Å². The highest BCUT2D eigenvalue weighted by atomic mass is 35.5. The standard InChI is InChI=1S/C14H10Cl2FNOS/c15-9-4-5-10(14(18)20)12(6-9)19-7-8-2-1-3-11(16)13(8)17/h1-6H,7H2,(H2,18,20). The fraction of sp³-hybridized carbons (Fsp3) is 0.0714.